The van der Waals surface area contributed by atoms with Crippen molar-refractivity contribution in [3.8, 4) is 0 Å². The van der Waals surface area contributed by atoms with Crippen molar-refractivity contribution < 1.29 is 9.21 Å². The number of hydrogen-bond acceptors (Lipinski definition) is 6. The zero-order valence-electron chi connectivity index (χ0n) is 14.7. The van der Waals surface area contributed by atoms with Crippen LogP contribution in [0.3, 0.4) is 0 Å². The fraction of sp³-hybridized carbons (Fsp3) is 0.0476. The second kappa shape index (κ2) is 8.06. The van der Waals surface area contributed by atoms with Gasteiger partial charge in [-0.05, 0) is 65.0 Å². The first-order valence-electron chi connectivity index (χ1n) is 8.54. The molecule has 1 aliphatic rings. The number of para-hydroxylation sites is 1. The number of furan rings is 1. The molecule has 6 nitrogen and oxygen atoms in total. The third kappa shape index (κ3) is 3.94. The molecule has 0 saturated carbocycles. The Morgan fingerprint density at radius 3 is 2.43 bits per heavy atom. The number of nitrogens with zero attached hydrogens (tertiary/aromatic N) is 3. The van der Waals surface area contributed by atoms with Crippen LogP contribution in [0.2, 0.25) is 0 Å². The number of hydrogen-bond donors (Lipinski definition) is 0. The minimum atomic E-state index is -0.145. The van der Waals surface area contributed by atoms with Gasteiger partial charge >= 0.3 is 0 Å². The first-order chi connectivity index (χ1) is 13.7. The first-order valence-corrected chi connectivity index (χ1v) is 9.35. The van der Waals surface area contributed by atoms with Gasteiger partial charge in [0.05, 0.1) is 23.4 Å². The van der Waals surface area contributed by atoms with E-state index in [0.717, 1.165) is 11.3 Å². The van der Waals surface area contributed by atoms with Gasteiger partial charge < -0.3 is 4.42 Å². The highest BCUT2D eigenvalue weighted by Crippen LogP contribution is 2.35. The summed E-state index contributed by atoms with van der Waals surface area (Å²) < 4.78 is 5.40. The maximum Gasteiger partial charge on any atom is 0.267 e. The smallest absolute Gasteiger partial charge is 0.267 e. The second-order valence-corrected chi connectivity index (χ2v) is 7.00. The largest absolute Gasteiger partial charge is 0.467 e. The Balaban J connectivity index is 1.67. The van der Waals surface area contributed by atoms with Crippen LogP contribution in [0.15, 0.2) is 92.5 Å². The zero-order chi connectivity index (χ0) is 19.3. The van der Waals surface area contributed by atoms with Crippen molar-refractivity contribution in [2.45, 2.75) is 6.54 Å². The Morgan fingerprint density at radius 1 is 0.964 bits per heavy atom. The van der Waals surface area contributed by atoms with Gasteiger partial charge in [0.1, 0.15) is 11.4 Å². The van der Waals surface area contributed by atoms with E-state index < -0.39 is 0 Å². The van der Waals surface area contributed by atoms with Gasteiger partial charge in [-0.15, -0.1) is 4.91 Å². The average molecular weight is 389 g/mol. The molecular formula is C21H15N3O3S. The summed E-state index contributed by atoms with van der Waals surface area (Å²) in [5.41, 5.74) is 1.92. The van der Waals surface area contributed by atoms with Crippen LogP contribution < -0.4 is 0 Å². The van der Waals surface area contributed by atoms with Gasteiger partial charge in [0.25, 0.3) is 5.91 Å². The summed E-state index contributed by atoms with van der Waals surface area (Å²) in [4.78, 5) is 30.4. The number of benzene rings is 2. The van der Waals surface area contributed by atoms with Crippen LogP contribution in [0.1, 0.15) is 11.3 Å². The number of aliphatic imine (C=N–C) groups is 1. The summed E-state index contributed by atoms with van der Waals surface area (Å²) in [6.07, 6.45) is 3.36. The van der Waals surface area contributed by atoms with E-state index in [9.17, 15) is 9.70 Å². The maximum absolute atomic E-state index is 13.0. The first kappa shape index (κ1) is 17.9. The van der Waals surface area contributed by atoms with Gasteiger partial charge in [0.2, 0.25) is 0 Å². The van der Waals surface area contributed by atoms with Crippen LogP contribution in [0.5, 0.6) is 0 Å². The minimum absolute atomic E-state index is 0.145. The van der Waals surface area contributed by atoms with Crippen LogP contribution in [0, 0.1) is 4.91 Å². The number of carbonyl (C=O) groups excluding carboxylic acids is 1. The number of carbonyl (C=O) groups is 1. The van der Waals surface area contributed by atoms with E-state index in [1.54, 1.807) is 47.6 Å². The molecule has 138 valence electrons. The normalized spacial score (nSPS) is 16.9. The zero-order valence-corrected chi connectivity index (χ0v) is 15.5. The lowest BCUT2D eigenvalue weighted by molar-refractivity contribution is -0.122. The summed E-state index contributed by atoms with van der Waals surface area (Å²) in [7, 11) is 0. The summed E-state index contributed by atoms with van der Waals surface area (Å²) in [5.74, 6) is 0.533. The number of rotatable bonds is 5. The van der Waals surface area contributed by atoms with Crippen molar-refractivity contribution in [1.29, 1.82) is 0 Å². The molecule has 0 bridgehead atoms. The van der Waals surface area contributed by atoms with Gasteiger partial charge in [-0.25, -0.2) is 4.99 Å². The fourth-order valence-corrected chi connectivity index (χ4v) is 3.68. The summed E-state index contributed by atoms with van der Waals surface area (Å²) in [6.45, 7) is 0.301. The molecule has 0 aliphatic carbocycles. The second-order valence-electron chi connectivity index (χ2n) is 5.99. The van der Waals surface area contributed by atoms with Crippen LogP contribution in [-0.4, -0.2) is 16.0 Å². The Hall–Kier alpha value is -3.45. The van der Waals surface area contributed by atoms with Crippen molar-refractivity contribution in [2.24, 2.45) is 10.2 Å². The Bertz CT molecular complexity index is 1040. The molecular weight excluding hydrogens is 374 g/mol. The van der Waals surface area contributed by atoms with Crippen molar-refractivity contribution >= 4 is 40.3 Å². The van der Waals surface area contributed by atoms with Crippen LogP contribution in [0.25, 0.3) is 6.08 Å². The SMILES string of the molecule is O=Nc1ccc(/C=C2\SC(=Nc3ccccc3)N(Cc3ccco3)C2=O)cc1. The predicted octanol–water partition coefficient (Wildman–Crippen LogP) is 5.48. The third-order valence-electron chi connectivity index (χ3n) is 4.06. The lowest BCUT2D eigenvalue weighted by atomic mass is 10.2. The quantitative estimate of drug-likeness (QED) is 0.428. The highest BCUT2D eigenvalue weighted by Gasteiger charge is 2.34. The molecule has 28 heavy (non-hydrogen) atoms. The predicted molar refractivity (Wildman–Crippen MR) is 110 cm³/mol. The van der Waals surface area contributed by atoms with E-state index >= 15 is 0 Å². The molecule has 1 aromatic heterocycles. The number of thioether (sulfide) groups is 1. The average Bonchev–Trinajstić information content (AvgIpc) is 3.34. The van der Waals surface area contributed by atoms with E-state index in [-0.39, 0.29) is 5.91 Å². The fourth-order valence-electron chi connectivity index (χ4n) is 2.68. The molecule has 1 amide bonds. The standard InChI is InChI=1S/C21H15N3O3S/c25-20-19(13-15-8-10-17(23-26)11-9-15)28-21(22-16-5-2-1-3-6-16)24(20)14-18-7-4-12-27-18/h1-13H,14H2/b19-13-,22-21?. The monoisotopic (exact) mass is 389 g/mol. The van der Waals surface area contributed by atoms with Crippen molar-refractivity contribution in [3.05, 3.63) is 94.1 Å². The molecule has 2 aromatic carbocycles. The van der Waals surface area contributed by atoms with Gasteiger partial charge in [-0.1, -0.05) is 30.3 Å². The van der Waals surface area contributed by atoms with Crippen LogP contribution in [0.4, 0.5) is 11.4 Å². The van der Waals surface area contributed by atoms with Crippen molar-refractivity contribution in [2.75, 3.05) is 0 Å². The minimum Gasteiger partial charge on any atom is -0.467 e. The Morgan fingerprint density at radius 2 is 1.75 bits per heavy atom. The van der Waals surface area contributed by atoms with Crippen molar-refractivity contribution in [3.63, 3.8) is 0 Å². The highest BCUT2D eigenvalue weighted by molar-refractivity contribution is 8.18. The summed E-state index contributed by atoms with van der Waals surface area (Å²) in [5, 5.41) is 3.48. The lowest BCUT2D eigenvalue weighted by Gasteiger charge is -2.13. The molecule has 4 rings (SSSR count). The van der Waals surface area contributed by atoms with E-state index in [1.807, 2.05) is 36.4 Å². The van der Waals surface area contributed by atoms with E-state index in [1.165, 1.54) is 11.8 Å². The van der Waals surface area contributed by atoms with Crippen LogP contribution in [-0.2, 0) is 11.3 Å². The molecule has 1 fully saturated rings. The van der Waals surface area contributed by atoms with E-state index in [4.69, 9.17) is 4.42 Å². The van der Waals surface area contributed by atoms with Crippen LogP contribution >= 0.6 is 11.8 Å². The van der Waals surface area contributed by atoms with Gasteiger partial charge in [0, 0.05) is 0 Å². The molecule has 0 radical (unpaired) electrons. The van der Waals surface area contributed by atoms with Gasteiger partial charge in [-0.2, -0.15) is 0 Å². The molecule has 0 N–H and O–H groups in total. The molecule has 0 spiro atoms. The van der Waals surface area contributed by atoms with Gasteiger partial charge in [-0.3, -0.25) is 9.69 Å². The number of amidine groups is 1. The number of nitroso groups, excluding NO2 is 1. The third-order valence-corrected chi connectivity index (χ3v) is 5.07. The Labute approximate surface area is 165 Å². The summed E-state index contributed by atoms with van der Waals surface area (Å²) in [6, 6.07) is 19.8. The molecule has 3 aromatic rings. The highest BCUT2D eigenvalue weighted by atomic mass is 32.2. The number of amides is 1. The van der Waals surface area contributed by atoms with E-state index in [2.05, 4.69) is 10.2 Å². The molecule has 0 unspecified atom stereocenters. The Kier molecular flexibility index (Phi) is 5.16. The van der Waals surface area contributed by atoms with Crippen molar-refractivity contribution in [1.82, 2.24) is 4.90 Å². The van der Waals surface area contributed by atoms with Gasteiger partial charge in [0.15, 0.2) is 5.17 Å². The lowest BCUT2D eigenvalue weighted by Crippen LogP contribution is -2.28. The summed E-state index contributed by atoms with van der Waals surface area (Å²) >= 11 is 1.31. The molecule has 0 atom stereocenters. The molecule has 2 heterocycles. The van der Waals surface area contributed by atoms with E-state index in [0.29, 0.717) is 28.1 Å². The molecule has 1 aliphatic heterocycles. The maximum atomic E-state index is 13.0. The topological polar surface area (TPSA) is 75.2 Å². The molecule has 1 saturated heterocycles. The molecule has 7 heteroatoms.